The van der Waals surface area contributed by atoms with Crippen LogP contribution in [0.25, 0.3) is 0 Å². The molecule has 6 nitrogen and oxygen atoms in total. The molecule has 1 atom stereocenters. The molecule has 29 heavy (non-hydrogen) atoms. The van der Waals surface area contributed by atoms with Gasteiger partial charge >= 0.3 is 12.2 Å². The zero-order chi connectivity index (χ0) is 20.9. The number of nitrogens with zero attached hydrogens (tertiary/aromatic N) is 3. The fraction of sp³-hybridized carbons (Fsp3) is 0.600. The number of amides is 3. The van der Waals surface area contributed by atoms with Gasteiger partial charge in [-0.3, -0.25) is 9.69 Å². The van der Waals surface area contributed by atoms with Gasteiger partial charge in [-0.1, -0.05) is 30.3 Å². The number of nitrogens with one attached hydrogen (secondary N) is 1. The number of hydrogen-bond donors (Lipinski definition) is 1. The Balaban J connectivity index is 1.62. The molecule has 9 heteroatoms. The number of likely N-dealkylation sites (tertiary alicyclic amines) is 1. The number of urea groups is 1. The topological polar surface area (TPSA) is 55.9 Å². The Morgan fingerprint density at radius 3 is 2.45 bits per heavy atom. The van der Waals surface area contributed by atoms with Crippen molar-refractivity contribution < 1.29 is 22.8 Å². The lowest BCUT2D eigenvalue weighted by Crippen LogP contribution is -2.46. The Hall–Kier alpha value is -2.29. The van der Waals surface area contributed by atoms with E-state index in [0.717, 1.165) is 12.0 Å². The van der Waals surface area contributed by atoms with Gasteiger partial charge in [0, 0.05) is 45.7 Å². The van der Waals surface area contributed by atoms with Gasteiger partial charge in [-0.05, 0) is 18.4 Å². The summed E-state index contributed by atoms with van der Waals surface area (Å²) in [5.74, 6) is 0.0812. The third-order valence-electron chi connectivity index (χ3n) is 5.35. The zero-order valence-corrected chi connectivity index (χ0v) is 16.3. The molecule has 2 aliphatic heterocycles. The first-order chi connectivity index (χ1) is 13.8. The molecule has 2 fully saturated rings. The van der Waals surface area contributed by atoms with Crippen molar-refractivity contribution in [2.45, 2.75) is 31.5 Å². The first-order valence-electron chi connectivity index (χ1n) is 9.99. The normalized spacial score (nSPS) is 19.9. The highest BCUT2D eigenvalue weighted by atomic mass is 19.4. The van der Waals surface area contributed by atoms with E-state index in [-0.39, 0.29) is 31.1 Å². The van der Waals surface area contributed by atoms with E-state index in [0.29, 0.717) is 39.0 Å². The molecule has 0 aliphatic carbocycles. The third kappa shape index (κ3) is 6.35. The predicted octanol–water partition coefficient (Wildman–Crippen LogP) is 2.63. The minimum atomic E-state index is -4.24. The quantitative estimate of drug-likeness (QED) is 0.809. The Morgan fingerprint density at radius 1 is 1.03 bits per heavy atom. The summed E-state index contributed by atoms with van der Waals surface area (Å²) in [6, 6.07) is 8.77. The van der Waals surface area contributed by atoms with E-state index in [2.05, 4.69) is 5.32 Å². The summed E-state index contributed by atoms with van der Waals surface area (Å²) >= 11 is 0. The molecular formula is C20H27F3N4O2. The van der Waals surface area contributed by atoms with Crippen LogP contribution in [0.3, 0.4) is 0 Å². The van der Waals surface area contributed by atoms with Crippen LogP contribution < -0.4 is 5.32 Å². The summed E-state index contributed by atoms with van der Waals surface area (Å²) in [7, 11) is 0. The lowest BCUT2D eigenvalue weighted by atomic mass is 10.1. The van der Waals surface area contributed by atoms with Crippen molar-refractivity contribution in [3.8, 4) is 0 Å². The van der Waals surface area contributed by atoms with Crippen LogP contribution in [0.15, 0.2) is 30.3 Å². The summed E-state index contributed by atoms with van der Waals surface area (Å²) in [5.41, 5.74) is 0.897. The number of halogens is 3. The Kier molecular flexibility index (Phi) is 7.00. The van der Waals surface area contributed by atoms with E-state index in [1.54, 1.807) is 9.80 Å². The van der Waals surface area contributed by atoms with Gasteiger partial charge in [0.25, 0.3) is 0 Å². The maximum absolute atomic E-state index is 12.9. The first-order valence-corrected chi connectivity index (χ1v) is 9.99. The van der Waals surface area contributed by atoms with E-state index < -0.39 is 12.7 Å². The van der Waals surface area contributed by atoms with Crippen LogP contribution in [0.5, 0.6) is 0 Å². The van der Waals surface area contributed by atoms with E-state index >= 15 is 0 Å². The third-order valence-corrected chi connectivity index (χ3v) is 5.35. The minimum absolute atomic E-state index is 0.0812. The van der Waals surface area contributed by atoms with Crippen LogP contribution in [0.2, 0.25) is 0 Å². The van der Waals surface area contributed by atoms with Crippen LogP contribution in [-0.2, 0) is 4.79 Å². The molecule has 0 saturated carbocycles. The summed E-state index contributed by atoms with van der Waals surface area (Å²) in [5, 5.41) is 2.99. The first kappa shape index (κ1) is 21.4. The molecule has 2 aliphatic rings. The standard InChI is InChI=1S/C20H27F3N4O2/c21-20(22,23)15-25-9-5-11-26(13-12-25)19(29)24-17(16-6-2-1-3-7-16)14-27-10-4-8-18(27)28/h1-3,6-7,17H,4-5,8-15H2,(H,24,29). The second kappa shape index (κ2) is 9.47. The molecule has 1 unspecified atom stereocenters. The molecule has 2 saturated heterocycles. The van der Waals surface area contributed by atoms with Crippen molar-refractivity contribution in [3.63, 3.8) is 0 Å². The smallest absolute Gasteiger partial charge is 0.340 e. The van der Waals surface area contributed by atoms with Crippen molar-refractivity contribution in [1.82, 2.24) is 20.0 Å². The molecule has 0 radical (unpaired) electrons. The van der Waals surface area contributed by atoms with Crippen molar-refractivity contribution >= 4 is 11.9 Å². The highest BCUT2D eigenvalue weighted by Crippen LogP contribution is 2.20. The highest BCUT2D eigenvalue weighted by Gasteiger charge is 2.32. The molecule has 1 aromatic rings. The maximum atomic E-state index is 12.9. The van der Waals surface area contributed by atoms with E-state index in [4.69, 9.17) is 0 Å². The molecule has 0 aromatic heterocycles. The van der Waals surface area contributed by atoms with E-state index in [1.165, 1.54) is 4.90 Å². The molecule has 3 amide bonds. The molecular weight excluding hydrogens is 385 g/mol. The fourth-order valence-electron chi connectivity index (χ4n) is 3.86. The number of carbonyl (C=O) groups is 2. The molecule has 3 rings (SSSR count). The average molecular weight is 412 g/mol. The van der Waals surface area contributed by atoms with Gasteiger partial charge < -0.3 is 15.1 Å². The number of carbonyl (C=O) groups excluding carboxylic acids is 2. The van der Waals surface area contributed by atoms with Crippen LogP contribution >= 0.6 is 0 Å². The van der Waals surface area contributed by atoms with Crippen molar-refractivity contribution in [2.24, 2.45) is 0 Å². The summed E-state index contributed by atoms with van der Waals surface area (Å²) < 4.78 is 37.9. The lowest BCUT2D eigenvalue weighted by Gasteiger charge is -2.29. The average Bonchev–Trinajstić information content (AvgIpc) is 2.93. The SMILES string of the molecule is O=C1CCCN1CC(NC(=O)N1CCCN(CC(F)(F)F)CC1)c1ccccc1. The molecule has 0 bridgehead atoms. The molecule has 160 valence electrons. The van der Waals surface area contributed by atoms with Gasteiger partial charge in [0.15, 0.2) is 0 Å². The molecule has 2 heterocycles. The van der Waals surface area contributed by atoms with Gasteiger partial charge in [-0.25, -0.2) is 4.79 Å². The van der Waals surface area contributed by atoms with E-state index in [9.17, 15) is 22.8 Å². The van der Waals surface area contributed by atoms with Crippen LogP contribution in [0.4, 0.5) is 18.0 Å². The predicted molar refractivity (Wildman–Crippen MR) is 102 cm³/mol. The monoisotopic (exact) mass is 412 g/mol. The van der Waals surface area contributed by atoms with Gasteiger partial charge in [-0.15, -0.1) is 0 Å². The maximum Gasteiger partial charge on any atom is 0.401 e. The minimum Gasteiger partial charge on any atom is -0.340 e. The van der Waals surface area contributed by atoms with Crippen LogP contribution in [0, 0.1) is 0 Å². The van der Waals surface area contributed by atoms with Gasteiger partial charge in [0.2, 0.25) is 5.91 Å². The van der Waals surface area contributed by atoms with Crippen LogP contribution in [-0.4, -0.2) is 78.6 Å². The highest BCUT2D eigenvalue weighted by molar-refractivity contribution is 5.78. The Morgan fingerprint density at radius 2 is 1.79 bits per heavy atom. The second-order valence-electron chi connectivity index (χ2n) is 7.59. The Bertz CT molecular complexity index is 699. The lowest BCUT2D eigenvalue weighted by molar-refractivity contribution is -0.145. The van der Waals surface area contributed by atoms with Crippen LogP contribution in [0.1, 0.15) is 30.9 Å². The number of benzene rings is 1. The van der Waals surface area contributed by atoms with E-state index in [1.807, 2.05) is 30.3 Å². The summed E-state index contributed by atoms with van der Waals surface area (Å²) in [6.07, 6.45) is -2.41. The zero-order valence-electron chi connectivity index (χ0n) is 16.3. The number of hydrogen-bond acceptors (Lipinski definition) is 3. The Labute approximate surface area is 168 Å². The fourth-order valence-corrected chi connectivity index (χ4v) is 3.86. The van der Waals surface area contributed by atoms with Crippen molar-refractivity contribution in [3.05, 3.63) is 35.9 Å². The molecule has 1 N–H and O–H groups in total. The largest absolute Gasteiger partial charge is 0.401 e. The second-order valence-corrected chi connectivity index (χ2v) is 7.59. The number of alkyl halides is 3. The van der Waals surface area contributed by atoms with Crippen molar-refractivity contribution in [2.75, 3.05) is 45.8 Å². The van der Waals surface area contributed by atoms with Crippen molar-refractivity contribution in [1.29, 1.82) is 0 Å². The van der Waals surface area contributed by atoms with Gasteiger partial charge in [0.1, 0.15) is 0 Å². The van der Waals surface area contributed by atoms with Gasteiger partial charge in [-0.2, -0.15) is 13.2 Å². The molecule has 1 aromatic carbocycles. The molecule has 0 spiro atoms. The summed E-state index contributed by atoms with van der Waals surface area (Å²) in [4.78, 5) is 29.5. The number of rotatable bonds is 5. The summed E-state index contributed by atoms with van der Waals surface area (Å²) in [6.45, 7) is 1.26. The van der Waals surface area contributed by atoms with Gasteiger partial charge in [0.05, 0.1) is 12.6 Å².